The van der Waals surface area contributed by atoms with Gasteiger partial charge in [-0.05, 0) is 29.0 Å². The van der Waals surface area contributed by atoms with E-state index in [1.165, 1.54) is 19.3 Å². The van der Waals surface area contributed by atoms with Gasteiger partial charge >= 0.3 is 0 Å². The maximum Gasteiger partial charge on any atom is 0.204 e. The molecule has 8 heteroatoms. The highest BCUT2D eigenvalue weighted by molar-refractivity contribution is 6.10. The van der Waals surface area contributed by atoms with Crippen molar-refractivity contribution in [3.63, 3.8) is 0 Å². The predicted octanol–water partition coefficient (Wildman–Crippen LogP) is 3.57. The molecule has 152 valence electrons. The van der Waals surface area contributed by atoms with Gasteiger partial charge in [0.25, 0.3) is 0 Å². The van der Waals surface area contributed by atoms with Gasteiger partial charge in [-0.15, -0.1) is 5.10 Å². The van der Waals surface area contributed by atoms with Crippen LogP contribution in [0.1, 0.15) is 49.7 Å². The highest BCUT2D eigenvalue weighted by Gasteiger charge is 2.14. The average molecular weight is 393 g/mol. The molecule has 1 N–H and O–H groups in total. The third kappa shape index (κ3) is 6.10. The van der Waals surface area contributed by atoms with Crippen LogP contribution >= 0.6 is 0 Å². The van der Waals surface area contributed by atoms with E-state index in [2.05, 4.69) is 37.9 Å². The van der Waals surface area contributed by atoms with Crippen molar-refractivity contribution in [2.24, 2.45) is 12.2 Å². The number of aromatic nitrogens is 5. The molecule has 0 amide bonds. The van der Waals surface area contributed by atoms with Crippen LogP contribution in [0.15, 0.2) is 53.7 Å². The van der Waals surface area contributed by atoms with Gasteiger partial charge < -0.3 is 10.2 Å². The fourth-order valence-corrected chi connectivity index (χ4v) is 2.84. The van der Waals surface area contributed by atoms with Gasteiger partial charge in [0.2, 0.25) is 5.82 Å². The Labute approximate surface area is 171 Å². The number of tetrazole rings is 1. The molecule has 29 heavy (non-hydrogen) atoms. The minimum absolute atomic E-state index is 0.257. The number of oxime groups is 1. The smallest absolute Gasteiger partial charge is 0.204 e. The summed E-state index contributed by atoms with van der Waals surface area (Å²) >= 11 is 0. The number of nitrogens with one attached hydrogen (secondary N) is 1. The van der Waals surface area contributed by atoms with Gasteiger partial charge in [-0.25, -0.2) is 9.67 Å². The van der Waals surface area contributed by atoms with Crippen molar-refractivity contribution in [2.45, 2.75) is 39.2 Å². The first-order chi connectivity index (χ1) is 14.3. The fourth-order valence-electron chi connectivity index (χ4n) is 2.84. The molecule has 2 aromatic heterocycles. The number of anilines is 1. The van der Waals surface area contributed by atoms with E-state index in [0.717, 1.165) is 30.0 Å². The maximum atomic E-state index is 5.62. The van der Waals surface area contributed by atoms with Crippen LogP contribution in [0, 0.1) is 0 Å². The van der Waals surface area contributed by atoms with Crippen LogP contribution in [0.3, 0.4) is 0 Å². The summed E-state index contributed by atoms with van der Waals surface area (Å²) in [6, 6.07) is 15.6. The van der Waals surface area contributed by atoms with Crippen molar-refractivity contribution < 1.29 is 4.84 Å². The number of hydrogen-bond donors (Lipinski definition) is 1. The number of benzene rings is 1. The van der Waals surface area contributed by atoms with Gasteiger partial charge in [-0.2, -0.15) is 0 Å². The summed E-state index contributed by atoms with van der Waals surface area (Å²) in [6.07, 6.45) is 4.89. The average Bonchev–Trinajstić information content (AvgIpc) is 3.17. The number of nitrogens with zero attached hydrogens (tertiary/aromatic N) is 6. The molecule has 0 aliphatic rings. The number of aryl methyl sites for hydroxylation is 1. The molecule has 0 spiro atoms. The fraction of sp³-hybridized carbons (Fsp3) is 0.381. The van der Waals surface area contributed by atoms with E-state index in [1.54, 1.807) is 11.7 Å². The third-order valence-corrected chi connectivity index (χ3v) is 4.39. The lowest BCUT2D eigenvalue weighted by molar-refractivity contribution is 0.128. The molecule has 0 unspecified atom stereocenters. The SMILES string of the molecule is CCCCCCNc1cccc(CON=C(c2ccccc2)c2nnnn2C)n1. The van der Waals surface area contributed by atoms with Gasteiger partial charge in [0, 0.05) is 19.2 Å². The predicted molar refractivity (Wildman–Crippen MR) is 113 cm³/mol. The molecule has 2 heterocycles. The quantitative estimate of drug-likeness (QED) is 0.304. The number of hydrogen-bond acceptors (Lipinski definition) is 7. The van der Waals surface area contributed by atoms with E-state index in [9.17, 15) is 0 Å². The topological polar surface area (TPSA) is 90.1 Å². The Balaban J connectivity index is 1.64. The van der Waals surface area contributed by atoms with Crippen LogP contribution in [0.5, 0.6) is 0 Å². The first-order valence-corrected chi connectivity index (χ1v) is 9.96. The summed E-state index contributed by atoms with van der Waals surface area (Å²) < 4.78 is 1.57. The zero-order chi connectivity index (χ0) is 20.3. The number of rotatable bonds is 11. The largest absolute Gasteiger partial charge is 0.389 e. The van der Waals surface area contributed by atoms with Crippen molar-refractivity contribution in [2.75, 3.05) is 11.9 Å². The Bertz CT molecular complexity index is 908. The van der Waals surface area contributed by atoms with Gasteiger partial charge in [0.1, 0.15) is 5.82 Å². The lowest BCUT2D eigenvalue weighted by atomic mass is 10.1. The molecule has 0 fully saturated rings. The monoisotopic (exact) mass is 393 g/mol. The van der Waals surface area contributed by atoms with Crippen LogP contribution in [-0.2, 0) is 18.5 Å². The van der Waals surface area contributed by atoms with Crippen LogP contribution in [-0.4, -0.2) is 37.4 Å². The minimum Gasteiger partial charge on any atom is -0.389 e. The summed E-state index contributed by atoms with van der Waals surface area (Å²) in [5.41, 5.74) is 2.25. The van der Waals surface area contributed by atoms with Gasteiger partial charge in [0.15, 0.2) is 12.3 Å². The summed E-state index contributed by atoms with van der Waals surface area (Å²) in [5.74, 6) is 1.39. The molecule has 0 saturated heterocycles. The van der Waals surface area contributed by atoms with Gasteiger partial charge in [-0.3, -0.25) is 0 Å². The second kappa shape index (κ2) is 10.9. The Morgan fingerprint density at radius 2 is 1.93 bits per heavy atom. The Kier molecular flexibility index (Phi) is 7.68. The molecule has 8 nitrogen and oxygen atoms in total. The van der Waals surface area contributed by atoms with E-state index >= 15 is 0 Å². The van der Waals surface area contributed by atoms with Crippen molar-refractivity contribution >= 4 is 11.5 Å². The van der Waals surface area contributed by atoms with Crippen molar-refractivity contribution in [3.05, 3.63) is 65.6 Å². The Morgan fingerprint density at radius 1 is 1.07 bits per heavy atom. The molecule has 0 atom stereocenters. The normalized spacial score (nSPS) is 11.4. The summed E-state index contributed by atoms with van der Waals surface area (Å²) in [7, 11) is 1.77. The lowest BCUT2D eigenvalue weighted by Gasteiger charge is -2.08. The molecule has 0 saturated carbocycles. The third-order valence-electron chi connectivity index (χ3n) is 4.39. The highest BCUT2D eigenvalue weighted by atomic mass is 16.6. The van der Waals surface area contributed by atoms with E-state index in [0.29, 0.717) is 11.5 Å². The molecule has 3 rings (SSSR count). The maximum absolute atomic E-state index is 5.62. The highest BCUT2D eigenvalue weighted by Crippen LogP contribution is 2.10. The summed E-state index contributed by atoms with van der Waals surface area (Å²) in [4.78, 5) is 10.2. The summed E-state index contributed by atoms with van der Waals surface area (Å²) in [5, 5.41) is 19.3. The standard InChI is InChI=1S/C21H27N7O/c1-3-4-5-9-15-22-19-14-10-13-18(23-19)16-29-25-20(17-11-7-6-8-12-17)21-24-26-27-28(21)2/h6-8,10-14H,3-5,9,15-16H2,1-2H3,(H,22,23). The molecule has 3 aromatic rings. The molecule has 1 aromatic carbocycles. The molecular formula is C21H27N7O. The van der Waals surface area contributed by atoms with Crippen molar-refractivity contribution in [3.8, 4) is 0 Å². The molecular weight excluding hydrogens is 366 g/mol. The first-order valence-electron chi connectivity index (χ1n) is 9.96. The molecule has 0 aliphatic carbocycles. The van der Waals surface area contributed by atoms with Crippen LogP contribution in [0.4, 0.5) is 5.82 Å². The second-order valence-corrected chi connectivity index (χ2v) is 6.71. The van der Waals surface area contributed by atoms with E-state index in [1.807, 2.05) is 48.5 Å². The van der Waals surface area contributed by atoms with Gasteiger partial charge in [0.05, 0.1) is 5.69 Å². The van der Waals surface area contributed by atoms with Crippen molar-refractivity contribution in [1.82, 2.24) is 25.2 Å². The minimum atomic E-state index is 0.257. The summed E-state index contributed by atoms with van der Waals surface area (Å²) in [6.45, 7) is 3.39. The lowest BCUT2D eigenvalue weighted by Crippen LogP contribution is -2.12. The molecule has 0 radical (unpaired) electrons. The van der Waals surface area contributed by atoms with E-state index < -0.39 is 0 Å². The first kappa shape index (κ1) is 20.4. The zero-order valence-electron chi connectivity index (χ0n) is 17.0. The van der Waals surface area contributed by atoms with E-state index in [4.69, 9.17) is 4.84 Å². The van der Waals surface area contributed by atoms with Crippen LogP contribution in [0.25, 0.3) is 0 Å². The van der Waals surface area contributed by atoms with Crippen LogP contribution < -0.4 is 5.32 Å². The van der Waals surface area contributed by atoms with E-state index in [-0.39, 0.29) is 6.61 Å². The Morgan fingerprint density at radius 3 is 2.69 bits per heavy atom. The van der Waals surface area contributed by atoms with Gasteiger partial charge in [-0.1, -0.05) is 67.7 Å². The second-order valence-electron chi connectivity index (χ2n) is 6.71. The molecule has 0 bridgehead atoms. The molecule has 0 aliphatic heterocycles. The Hall–Kier alpha value is -3.29. The van der Waals surface area contributed by atoms with Crippen LogP contribution in [0.2, 0.25) is 0 Å². The van der Waals surface area contributed by atoms with Crippen molar-refractivity contribution in [1.29, 1.82) is 0 Å². The zero-order valence-corrected chi connectivity index (χ0v) is 17.0. The number of pyridine rings is 1. The number of unbranched alkanes of at least 4 members (excludes halogenated alkanes) is 3.